The van der Waals surface area contributed by atoms with Crippen LogP contribution in [0.3, 0.4) is 0 Å². The van der Waals surface area contributed by atoms with E-state index >= 15 is 0 Å². The second-order valence-corrected chi connectivity index (χ2v) is 7.38. The number of nitrogens with zero attached hydrogens (tertiary/aromatic N) is 3. The maximum Gasteiger partial charge on any atom is 0.437 e. The summed E-state index contributed by atoms with van der Waals surface area (Å²) in [6.07, 6.45) is -2.33. The van der Waals surface area contributed by atoms with E-state index in [1.54, 1.807) is 28.9 Å². The van der Waals surface area contributed by atoms with Crippen molar-refractivity contribution < 1.29 is 27.4 Å². The van der Waals surface area contributed by atoms with Gasteiger partial charge in [-0.15, -0.1) is 0 Å². The number of hydrogen-bond donors (Lipinski definition) is 1. The van der Waals surface area contributed by atoms with Crippen LogP contribution in [0, 0.1) is 11.3 Å². The molecule has 8 nitrogen and oxygen atoms in total. The number of benzene rings is 1. The number of allylic oxidation sites excluding steroid dienone is 3. The average molecular weight is 595 g/mol. The molecule has 1 aromatic carbocycles. The van der Waals surface area contributed by atoms with Crippen molar-refractivity contribution in [1.29, 1.82) is 5.26 Å². The molecule has 0 amide bonds. The lowest BCUT2D eigenvalue weighted by Gasteiger charge is -2.16. The first kappa shape index (κ1) is 26.2. The summed E-state index contributed by atoms with van der Waals surface area (Å²) in [5, 5.41) is 9.08. The summed E-state index contributed by atoms with van der Waals surface area (Å²) in [7, 11) is 1.33. The van der Waals surface area contributed by atoms with Gasteiger partial charge in [-0.2, -0.15) is 18.4 Å². The Morgan fingerprint density at radius 3 is 2.64 bits per heavy atom. The van der Waals surface area contributed by atoms with Crippen molar-refractivity contribution in [2.24, 2.45) is 0 Å². The molecule has 2 aromatic rings. The van der Waals surface area contributed by atoms with E-state index in [2.05, 4.69) is 8.51 Å². The summed E-state index contributed by atoms with van der Waals surface area (Å²) in [4.78, 5) is 27.4. The highest BCUT2D eigenvalue weighted by atomic mass is 127. The van der Waals surface area contributed by atoms with Gasteiger partial charge in [0.15, 0.2) is 11.6 Å². The topological polar surface area (TPSA) is 106 Å². The van der Waals surface area contributed by atoms with E-state index in [9.17, 15) is 22.8 Å². The van der Waals surface area contributed by atoms with Gasteiger partial charge in [0.2, 0.25) is 5.75 Å². The molecule has 0 unspecified atom stereocenters. The lowest BCUT2D eigenvalue weighted by molar-refractivity contribution is -0.142. The molecule has 174 valence electrons. The van der Waals surface area contributed by atoms with Gasteiger partial charge >= 0.3 is 6.18 Å². The first-order valence-electron chi connectivity index (χ1n) is 8.86. The number of nitrogens with one attached hydrogen (secondary N) is 1. The fourth-order valence-electron chi connectivity index (χ4n) is 2.59. The number of nitriles is 1. The van der Waals surface area contributed by atoms with Gasteiger partial charge in [-0.3, -0.25) is 17.7 Å². The molecule has 0 aliphatic rings. The zero-order chi connectivity index (χ0) is 24.8. The first-order valence-corrected chi connectivity index (χ1v) is 10.3. The highest BCUT2D eigenvalue weighted by Gasteiger charge is 2.38. The van der Waals surface area contributed by atoms with Crippen molar-refractivity contribution in [2.45, 2.75) is 19.6 Å². The molecule has 2 rings (SSSR count). The van der Waals surface area contributed by atoms with Crippen molar-refractivity contribution in [3.05, 3.63) is 74.3 Å². The van der Waals surface area contributed by atoms with Crippen LogP contribution in [0.5, 0.6) is 11.5 Å². The van der Waals surface area contributed by atoms with Crippen LogP contribution in [0.4, 0.5) is 13.2 Å². The quantitative estimate of drug-likeness (QED) is 0.120. The van der Waals surface area contributed by atoms with Crippen LogP contribution in [-0.2, 0) is 22.3 Å². The van der Waals surface area contributed by atoms with Crippen LogP contribution in [0.25, 0.3) is 0 Å². The van der Waals surface area contributed by atoms with E-state index in [1.807, 2.05) is 0 Å². The maximum absolute atomic E-state index is 13.5. The molecular weight excluding hydrogens is 580 g/mol. The minimum absolute atomic E-state index is 0.0211. The number of carbonyl (C=O) groups is 1. The molecule has 1 heterocycles. The third-order valence-corrected chi connectivity index (χ3v) is 4.70. The monoisotopic (exact) mass is 594 g/mol. The van der Waals surface area contributed by atoms with Gasteiger partial charge in [-0.05, 0) is 36.8 Å². The molecule has 0 aliphatic heterocycles. The Morgan fingerprint density at radius 2 is 2.09 bits per heavy atom. The molecule has 0 saturated carbocycles. The van der Waals surface area contributed by atoms with Crippen LogP contribution in [0.2, 0.25) is 5.02 Å². The van der Waals surface area contributed by atoms with E-state index in [0.29, 0.717) is 12.6 Å². The zero-order valence-electron chi connectivity index (χ0n) is 17.0. The van der Waals surface area contributed by atoms with Crippen LogP contribution in [-0.4, -0.2) is 22.9 Å². The predicted octanol–water partition coefficient (Wildman–Crippen LogP) is 4.52. The maximum atomic E-state index is 13.5. The van der Waals surface area contributed by atoms with E-state index < -0.39 is 23.2 Å². The van der Waals surface area contributed by atoms with E-state index in [1.165, 1.54) is 26.2 Å². The third kappa shape index (κ3) is 6.72. The Hall–Kier alpha value is -3.05. The number of aldehydes is 1. The fourth-order valence-corrected chi connectivity index (χ4v) is 3.38. The number of carbonyl (C=O) groups excluding carboxylic acids is 1. The number of ether oxygens (including phenoxy) is 2. The molecule has 13 heteroatoms. The minimum atomic E-state index is -5.00. The molecule has 0 atom stereocenters. The number of aromatic nitrogens is 2. The normalized spacial score (nSPS) is 12.5. The van der Waals surface area contributed by atoms with Crippen molar-refractivity contribution in [1.82, 2.24) is 13.1 Å². The van der Waals surface area contributed by atoms with E-state index in [-0.39, 0.29) is 39.9 Å². The van der Waals surface area contributed by atoms with Crippen molar-refractivity contribution in [2.75, 3.05) is 7.11 Å². The summed E-state index contributed by atoms with van der Waals surface area (Å²) in [6, 6.07) is 5.36. The van der Waals surface area contributed by atoms with Crippen LogP contribution >= 0.6 is 34.5 Å². The van der Waals surface area contributed by atoms with E-state index in [0.717, 1.165) is 16.7 Å². The van der Waals surface area contributed by atoms with Crippen LogP contribution in [0.15, 0.2) is 52.4 Å². The Morgan fingerprint density at radius 1 is 1.39 bits per heavy atom. The molecule has 1 aromatic heterocycles. The minimum Gasteiger partial charge on any atom is -0.482 e. The molecule has 33 heavy (non-hydrogen) atoms. The number of hydrogen-bond acceptors (Lipinski definition) is 7. The number of methoxy groups -OCH3 is 1. The Labute approximate surface area is 204 Å². The smallest absolute Gasteiger partial charge is 0.437 e. The highest BCUT2D eigenvalue weighted by Crippen LogP contribution is 2.35. The fraction of sp³-hybridized carbons (Fsp3) is 0.200. The van der Waals surface area contributed by atoms with Crippen molar-refractivity contribution in [3.63, 3.8) is 0 Å². The van der Waals surface area contributed by atoms with E-state index in [4.69, 9.17) is 26.3 Å². The molecule has 1 N–H and O–H groups in total. The van der Waals surface area contributed by atoms with Crippen molar-refractivity contribution in [3.8, 4) is 17.6 Å². The highest BCUT2D eigenvalue weighted by molar-refractivity contribution is 14.1. The predicted molar refractivity (Wildman–Crippen MR) is 121 cm³/mol. The van der Waals surface area contributed by atoms with Gasteiger partial charge in [0.05, 0.1) is 54.5 Å². The summed E-state index contributed by atoms with van der Waals surface area (Å²) in [6.45, 7) is 1.20. The zero-order valence-corrected chi connectivity index (χ0v) is 19.9. The van der Waals surface area contributed by atoms with Gasteiger partial charge in [0.1, 0.15) is 12.0 Å². The van der Waals surface area contributed by atoms with Gasteiger partial charge in [-0.1, -0.05) is 11.6 Å². The molecule has 0 aliphatic carbocycles. The third-order valence-electron chi connectivity index (χ3n) is 4.00. The molecule has 0 bridgehead atoms. The first-order chi connectivity index (χ1) is 15.5. The second-order valence-electron chi connectivity index (χ2n) is 6.40. The number of alkyl halides is 3. The lowest BCUT2D eigenvalue weighted by atomic mass is 10.2. The summed E-state index contributed by atoms with van der Waals surface area (Å²) < 4.78 is 54.6. The Kier molecular flexibility index (Phi) is 8.89. The number of rotatable bonds is 8. The lowest BCUT2D eigenvalue weighted by Crippen LogP contribution is -2.27. The molecule has 0 saturated heterocycles. The molecule has 0 radical (unpaired) electrons. The Bertz CT molecular complexity index is 1210. The molecular formula is C20H15ClF3IN4O4. The largest absolute Gasteiger partial charge is 0.482 e. The standard InChI is InChI=1S/C20H15ClF3IN4O4/c1-11(9-30)3-13(18(28-25)32-2)8-29-10-27-17(20(22,23)24)16(19(29)31)33-15-5-12(7-26)4-14(21)6-15/h3-6,9-10,28H,8H2,1-2H3/b11-3+,18-13-. The SMILES string of the molecule is CO/C(NI)=C(/C=C(\C)C=O)Cn1cnc(C(F)(F)F)c(Oc2cc(Cl)cc(C#N)c2)c1=O. The van der Waals surface area contributed by atoms with Crippen LogP contribution < -0.4 is 13.8 Å². The van der Waals surface area contributed by atoms with Gasteiger partial charge in [0, 0.05) is 10.6 Å². The van der Waals surface area contributed by atoms with Crippen molar-refractivity contribution >= 4 is 40.8 Å². The van der Waals surface area contributed by atoms with Gasteiger partial charge in [-0.25, -0.2) is 4.98 Å². The number of halogens is 5. The van der Waals surface area contributed by atoms with Gasteiger partial charge in [0.25, 0.3) is 5.56 Å². The van der Waals surface area contributed by atoms with Gasteiger partial charge < -0.3 is 9.47 Å². The molecule has 0 fully saturated rings. The summed E-state index contributed by atoms with van der Waals surface area (Å²) in [5.74, 6) is -1.19. The second kappa shape index (κ2) is 11.2. The Balaban J connectivity index is 2.67. The summed E-state index contributed by atoms with van der Waals surface area (Å²) >= 11 is 7.64. The summed E-state index contributed by atoms with van der Waals surface area (Å²) in [5.41, 5.74) is -2.13. The average Bonchev–Trinajstić information content (AvgIpc) is 2.75. The molecule has 0 spiro atoms. The van der Waals surface area contributed by atoms with Crippen LogP contribution in [0.1, 0.15) is 18.2 Å².